The van der Waals surface area contributed by atoms with Crippen LogP contribution in [0.15, 0.2) is 60.8 Å². The second-order valence-corrected chi connectivity index (χ2v) is 5.67. The number of hydrogen-bond donors (Lipinski definition) is 1. The molecule has 0 aliphatic carbocycles. The van der Waals surface area contributed by atoms with E-state index >= 15 is 0 Å². The van der Waals surface area contributed by atoms with Crippen molar-refractivity contribution in [3.63, 3.8) is 0 Å². The maximum atomic E-state index is 12.2. The molecule has 2 aromatic carbocycles. The van der Waals surface area contributed by atoms with Crippen molar-refractivity contribution >= 4 is 28.9 Å². The molecule has 0 spiro atoms. The molecule has 8 nitrogen and oxygen atoms in total. The number of nitro benzene ring substituents is 1. The number of rotatable bonds is 6. The third-order valence-electron chi connectivity index (χ3n) is 3.37. The highest BCUT2D eigenvalue weighted by atomic mass is 35.5. The second kappa shape index (κ2) is 7.66. The van der Waals surface area contributed by atoms with Gasteiger partial charge in [0.2, 0.25) is 0 Å². The van der Waals surface area contributed by atoms with Gasteiger partial charge in [-0.2, -0.15) is 5.10 Å². The molecule has 0 unspecified atom stereocenters. The van der Waals surface area contributed by atoms with Crippen molar-refractivity contribution in [3.8, 4) is 5.75 Å². The quantitative estimate of drug-likeness (QED) is 0.525. The van der Waals surface area contributed by atoms with E-state index in [0.29, 0.717) is 16.5 Å². The predicted octanol–water partition coefficient (Wildman–Crippen LogP) is 3.73. The third kappa shape index (κ3) is 4.37. The van der Waals surface area contributed by atoms with Gasteiger partial charge >= 0.3 is 0 Å². The van der Waals surface area contributed by atoms with Crippen LogP contribution >= 0.6 is 11.6 Å². The van der Waals surface area contributed by atoms with Crippen LogP contribution in [0.4, 0.5) is 11.4 Å². The van der Waals surface area contributed by atoms with Crippen LogP contribution in [0.25, 0.3) is 0 Å². The summed E-state index contributed by atoms with van der Waals surface area (Å²) >= 11 is 5.88. The lowest BCUT2D eigenvalue weighted by molar-refractivity contribution is -0.384. The molecule has 1 amide bonds. The summed E-state index contributed by atoms with van der Waals surface area (Å²) in [7, 11) is 0. The highest BCUT2D eigenvalue weighted by Crippen LogP contribution is 2.18. The van der Waals surface area contributed by atoms with Crippen molar-refractivity contribution in [2.75, 3.05) is 5.32 Å². The summed E-state index contributed by atoms with van der Waals surface area (Å²) < 4.78 is 7.00. The molecular formula is C17H13ClN4O4. The Balaban J connectivity index is 1.59. The number of nitro groups is 1. The fourth-order valence-electron chi connectivity index (χ4n) is 2.11. The molecule has 0 bridgehead atoms. The summed E-state index contributed by atoms with van der Waals surface area (Å²) in [5.41, 5.74) is 0.578. The Morgan fingerprint density at radius 3 is 2.69 bits per heavy atom. The molecule has 132 valence electrons. The smallest absolute Gasteiger partial charge is 0.276 e. The second-order valence-electron chi connectivity index (χ2n) is 5.23. The van der Waals surface area contributed by atoms with Crippen molar-refractivity contribution in [1.29, 1.82) is 0 Å². The van der Waals surface area contributed by atoms with Gasteiger partial charge < -0.3 is 10.1 Å². The number of amides is 1. The molecule has 0 atom stereocenters. The van der Waals surface area contributed by atoms with Crippen molar-refractivity contribution in [1.82, 2.24) is 9.78 Å². The molecule has 1 aromatic heterocycles. The normalized spacial score (nSPS) is 10.3. The first-order chi connectivity index (χ1) is 12.5. The predicted molar refractivity (Wildman–Crippen MR) is 95.4 cm³/mol. The van der Waals surface area contributed by atoms with E-state index in [0.717, 1.165) is 0 Å². The molecule has 1 heterocycles. The van der Waals surface area contributed by atoms with Gasteiger partial charge in [0.25, 0.3) is 11.6 Å². The Morgan fingerprint density at radius 2 is 2.00 bits per heavy atom. The average molecular weight is 373 g/mol. The molecular weight excluding hydrogens is 360 g/mol. The summed E-state index contributed by atoms with van der Waals surface area (Å²) in [6, 6.07) is 14.0. The fourth-order valence-corrected chi connectivity index (χ4v) is 2.29. The van der Waals surface area contributed by atoms with E-state index in [1.165, 1.54) is 28.9 Å². The van der Waals surface area contributed by atoms with Crippen molar-refractivity contribution in [3.05, 3.63) is 81.6 Å². The molecule has 0 aliphatic heterocycles. The van der Waals surface area contributed by atoms with E-state index < -0.39 is 10.8 Å². The van der Waals surface area contributed by atoms with E-state index in [-0.39, 0.29) is 18.1 Å². The number of carbonyl (C=O) groups excluding carboxylic acids is 1. The van der Waals surface area contributed by atoms with Gasteiger partial charge in [0.1, 0.15) is 5.75 Å². The van der Waals surface area contributed by atoms with Crippen LogP contribution in [0.2, 0.25) is 5.02 Å². The van der Waals surface area contributed by atoms with Crippen LogP contribution in [0.5, 0.6) is 5.75 Å². The summed E-state index contributed by atoms with van der Waals surface area (Å²) in [5.74, 6) is 0.158. The minimum atomic E-state index is -0.507. The van der Waals surface area contributed by atoms with Crippen LogP contribution in [-0.2, 0) is 6.73 Å². The minimum absolute atomic E-state index is 0.0505. The van der Waals surface area contributed by atoms with E-state index in [2.05, 4.69) is 10.4 Å². The zero-order valence-electron chi connectivity index (χ0n) is 13.3. The van der Waals surface area contributed by atoms with Gasteiger partial charge in [-0.1, -0.05) is 17.7 Å². The van der Waals surface area contributed by atoms with Crippen molar-refractivity contribution in [2.24, 2.45) is 0 Å². The summed E-state index contributed by atoms with van der Waals surface area (Å²) in [5, 5.41) is 17.9. The maximum Gasteiger partial charge on any atom is 0.276 e. The molecule has 9 heteroatoms. The number of anilines is 1. The summed E-state index contributed by atoms with van der Waals surface area (Å²) in [6.45, 7) is 0.116. The van der Waals surface area contributed by atoms with Crippen LogP contribution in [0.3, 0.4) is 0 Å². The monoisotopic (exact) mass is 372 g/mol. The van der Waals surface area contributed by atoms with E-state index in [4.69, 9.17) is 16.3 Å². The zero-order valence-corrected chi connectivity index (χ0v) is 14.1. The lowest BCUT2D eigenvalue weighted by Crippen LogP contribution is -2.14. The zero-order chi connectivity index (χ0) is 18.5. The van der Waals surface area contributed by atoms with Gasteiger partial charge in [-0.05, 0) is 36.4 Å². The number of carbonyl (C=O) groups is 1. The minimum Gasteiger partial charge on any atom is -0.471 e. The average Bonchev–Trinajstić information content (AvgIpc) is 3.10. The Labute approximate surface area is 153 Å². The van der Waals surface area contributed by atoms with Gasteiger partial charge in [-0.25, -0.2) is 4.68 Å². The van der Waals surface area contributed by atoms with Gasteiger partial charge in [-0.3, -0.25) is 14.9 Å². The number of benzene rings is 2. The third-order valence-corrected chi connectivity index (χ3v) is 3.60. The van der Waals surface area contributed by atoms with Crippen LogP contribution in [0.1, 0.15) is 10.5 Å². The first-order valence-electron chi connectivity index (χ1n) is 7.49. The van der Waals surface area contributed by atoms with Gasteiger partial charge in [0.15, 0.2) is 12.4 Å². The molecule has 0 radical (unpaired) electrons. The number of non-ortho nitro benzene ring substituents is 1. The number of nitrogens with one attached hydrogen (secondary N) is 1. The number of ether oxygens (including phenoxy) is 1. The summed E-state index contributed by atoms with van der Waals surface area (Å²) in [6.07, 6.45) is 1.61. The Morgan fingerprint density at radius 1 is 1.23 bits per heavy atom. The van der Waals surface area contributed by atoms with Crippen molar-refractivity contribution in [2.45, 2.75) is 6.73 Å². The summed E-state index contributed by atoms with van der Waals surface area (Å²) in [4.78, 5) is 22.3. The van der Waals surface area contributed by atoms with E-state index in [9.17, 15) is 14.9 Å². The lowest BCUT2D eigenvalue weighted by atomic mass is 10.3. The van der Waals surface area contributed by atoms with E-state index in [1.54, 1.807) is 36.5 Å². The molecule has 3 aromatic rings. The SMILES string of the molecule is O=C(Nc1ccc([N+](=O)[O-])cc1)c1ccn(COc2cccc(Cl)c2)n1. The maximum absolute atomic E-state index is 12.2. The highest BCUT2D eigenvalue weighted by molar-refractivity contribution is 6.30. The largest absolute Gasteiger partial charge is 0.471 e. The standard InChI is InChI=1S/C17H13ClN4O4/c18-12-2-1-3-15(10-12)26-11-21-9-8-16(20-21)17(23)19-13-4-6-14(7-5-13)22(24)25/h1-10H,11H2,(H,19,23). The Bertz CT molecular complexity index is 940. The molecule has 26 heavy (non-hydrogen) atoms. The lowest BCUT2D eigenvalue weighted by Gasteiger charge is -2.06. The number of nitrogens with zero attached hydrogens (tertiary/aromatic N) is 3. The van der Waals surface area contributed by atoms with Gasteiger partial charge in [0, 0.05) is 29.0 Å². The van der Waals surface area contributed by atoms with Crippen molar-refractivity contribution < 1.29 is 14.5 Å². The Hall–Kier alpha value is -3.39. The molecule has 0 saturated carbocycles. The number of halogens is 1. The molecule has 0 fully saturated rings. The van der Waals surface area contributed by atoms with Gasteiger partial charge in [-0.15, -0.1) is 0 Å². The molecule has 3 rings (SSSR count). The van der Waals surface area contributed by atoms with Crippen LogP contribution in [-0.4, -0.2) is 20.6 Å². The first-order valence-corrected chi connectivity index (χ1v) is 7.87. The topological polar surface area (TPSA) is 99.3 Å². The molecule has 0 saturated heterocycles. The fraction of sp³-hybridized carbons (Fsp3) is 0.0588. The van der Waals surface area contributed by atoms with Gasteiger partial charge in [0.05, 0.1) is 4.92 Å². The van der Waals surface area contributed by atoms with Crippen LogP contribution < -0.4 is 10.1 Å². The van der Waals surface area contributed by atoms with E-state index in [1.807, 2.05) is 0 Å². The molecule has 0 aliphatic rings. The highest BCUT2D eigenvalue weighted by Gasteiger charge is 2.11. The number of aromatic nitrogens is 2. The Kier molecular flexibility index (Phi) is 5.14. The molecule has 1 N–H and O–H groups in total. The van der Waals surface area contributed by atoms with Crippen LogP contribution in [0, 0.1) is 10.1 Å². The first kappa shape index (κ1) is 17.4. The number of hydrogen-bond acceptors (Lipinski definition) is 5.